The lowest BCUT2D eigenvalue weighted by atomic mass is 9.93. The summed E-state index contributed by atoms with van der Waals surface area (Å²) in [5.74, 6) is 0. The molecule has 0 atom stereocenters. The van der Waals surface area contributed by atoms with E-state index in [9.17, 15) is 0 Å². The second-order valence-corrected chi connectivity index (χ2v) is 5.81. The van der Waals surface area contributed by atoms with Crippen LogP contribution in [0.1, 0.15) is 26.5 Å². The highest BCUT2D eigenvalue weighted by Gasteiger charge is 2.19. The molecule has 0 aliphatic rings. The molecule has 1 heterocycles. The fraction of sp³-hybridized carbons (Fsp3) is 0.308. The van der Waals surface area contributed by atoms with Gasteiger partial charge in [0.05, 0.1) is 11.4 Å². The first kappa shape index (κ1) is 12.5. The Labute approximate surface area is 111 Å². The lowest BCUT2D eigenvalue weighted by Gasteiger charge is -2.14. The molecule has 0 aliphatic carbocycles. The van der Waals surface area contributed by atoms with Crippen molar-refractivity contribution < 1.29 is 0 Å². The summed E-state index contributed by atoms with van der Waals surface area (Å²) in [5, 5.41) is 5.83. The first-order chi connectivity index (χ1) is 7.88. The minimum Gasteiger partial charge on any atom is -0.222 e. The molecule has 90 valence electrons. The summed E-state index contributed by atoms with van der Waals surface area (Å²) in [6.07, 6.45) is 0. The maximum atomic E-state index is 6.19. The minimum atomic E-state index is -0.0126. The van der Waals surface area contributed by atoms with Gasteiger partial charge in [-0.05, 0) is 30.3 Å². The van der Waals surface area contributed by atoms with Crippen LogP contribution in [0.15, 0.2) is 30.3 Å². The van der Waals surface area contributed by atoms with Gasteiger partial charge in [0.1, 0.15) is 5.15 Å². The Hall–Kier alpha value is -0.990. The van der Waals surface area contributed by atoms with E-state index >= 15 is 0 Å². The standard InChI is InChI=1S/C13H14Cl2N2/c1-13(2,3)11-8-12(15)17(16-11)10-6-4-9(14)5-7-10/h4-8H,1-3H3. The number of rotatable bonds is 1. The zero-order chi connectivity index (χ0) is 12.6. The summed E-state index contributed by atoms with van der Waals surface area (Å²) < 4.78 is 1.72. The highest BCUT2D eigenvalue weighted by atomic mass is 35.5. The first-order valence-corrected chi connectivity index (χ1v) is 6.15. The summed E-state index contributed by atoms with van der Waals surface area (Å²) >= 11 is 12.0. The molecule has 1 aromatic carbocycles. The topological polar surface area (TPSA) is 17.8 Å². The average molecular weight is 269 g/mol. The molecular formula is C13H14Cl2N2. The van der Waals surface area contributed by atoms with Crippen LogP contribution in [0, 0.1) is 0 Å². The van der Waals surface area contributed by atoms with Gasteiger partial charge in [-0.15, -0.1) is 0 Å². The number of hydrogen-bond donors (Lipinski definition) is 0. The van der Waals surface area contributed by atoms with Crippen molar-refractivity contribution in [1.29, 1.82) is 0 Å². The van der Waals surface area contributed by atoms with Crippen molar-refractivity contribution in [2.24, 2.45) is 0 Å². The Morgan fingerprint density at radius 2 is 1.65 bits per heavy atom. The van der Waals surface area contributed by atoms with Crippen molar-refractivity contribution in [3.63, 3.8) is 0 Å². The summed E-state index contributed by atoms with van der Waals surface area (Å²) in [5.41, 5.74) is 1.87. The molecule has 1 aromatic heterocycles. The van der Waals surface area contributed by atoms with Gasteiger partial charge in [0.2, 0.25) is 0 Å². The largest absolute Gasteiger partial charge is 0.222 e. The van der Waals surface area contributed by atoms with Crippen LogP contribution in [0.3, 0.4) is 0 Å². The highest BCUT2D eigenvalue weighted by Crippen LogP contribution is 2.26. The third-order valence-electron chi connectivity index (χ3n) is 2.51. The molecule has 0 unspecified atom stereocenters. The monoisotopic (exact) mass is 268 g/mol. The second kappa shape index (κ2) is 4.35. The Balaban J connectivity index is 2.46. The first-order valence-electron chi connectivity index (χ1n) is 5.40. The number of halogens is 2. The Bertz CT molecular complexity index is 521. The van der Waals surface area contributed by atoms with Crippen LogP contribution in [-0.4, -0.2) is 9.78 Å². The predicted molar refractivity (Wildman–Crippen MR) is 72.3 cm³/mol. The van der Waals surface area contributed by atoms with Gasteiger partial charge in [-0.1, -0.05) is 44.0 Å². The van der Waals surface area contributed by atoms with Crippen molar-refractivity contribution in [1.82, 2.24) is 9.78 Å². The van der Waals surface area contributed by atoms with Gasteiger partial charge in [0.25, 0.3) is 0 Å². The molecule has 0 aliphatic heterocycles. The average Bonchev–Trinajstić information content (AvgIpc) is 2.61. The minimum absolute atomic E-state index is 0.0126. The van der Waals surface area contributed by atoms with Crippen molar-refractivity contribution in [3.05, 3.63) is 46.2 Å². The molecule has 0 radical (unpaired) electrons. The van der Waals surface area contributed by atoms with E-state index in [-0.39, 0.29) is 5.41 Å². The van der Waals surface area contributed by atoms with Gasteiger partial charge in [0, 0.05) is 10.4 Å². The Morgan fingerprint density at radius 3 is 2.12 bits per heavy atom. The molecule has 0 amide bonds. The van der Waals surface area contributed by atoms with Crippen molar-refractivity contribution in [2.75, 3.05) is 0 Å². The third kappa shape index (κ3) is 2.64. The number of aromatic nitrogens is 2. The van der Waals surface area contributed by atoms with Crippen LogP contribution in [0.5, 0.6) is 0 Å². The zero-order valence-electron chi connectivity index (χ0n) is 10.0. The van der Waals surface area contributed by atoms with Gasteiger partial charge in [-0.2, -0.15) is 5.10 Å². The molecule has 0 saturated heterocycles. The Kier molecular flexibility index (Phi) is 3.19. The molecule has 2 rings (SSSR count). The quantitative estimate of drug-likeness (QED) is 0.746. The normalized spacial score (nSPS) is 11.8. The zero-order valence-corrected chi connectivity index (χ0v) is 11.5. The van der Waals surface area contributed by atoms with Gasteiger partial charge in [-0.25, -0.2) is 4.68 Å². The van der Waals surface area contributed by atoms with Crippen LogP contribution in [0.4, 0.5) is 0 Å². The molecule has 17 heavy (non-hydrogen) atoms. The van der Waals surface area contributed by atoms with E-state index in [1.807, 2.05) is 30.3 Å². The van der Waals surface area contributed by atoms with Gasteiger partial charge < -0.3 is 0 Å². The molecule has 0 fully saturated rings. The van der Waals surface area contributed by atoms with Crippen molar-refractivity contribution in [2.45, 2.75) is 26.2 Å². The summed E-state index contributed by atoms with van der Waals surface area (Å²) in [6.45, 7) is 6.33. The fourth-order valence-corrected chi connectivity index (χ4v) is 1.85. The smallest absolute Gasteiger partial charge is 0.133 e. The molecule has 0 saturated carbocycles. The van der Waals surface area contributed by atoms with E-state index in [1.165, 1.54) is 0 Å². The van der Waals surface area contributed by atoms with E-state index in [4.69, 9.17) is 23.2 Å². The van der Waals surface area contributed by atoms with E-state index < -0.39 is 0 Å². The molecule has 2 nitrogen and oxygen atoms in total. The molecule has 2 aromatic rings. The van der Waals surface area contributed by atoms with Crippen molar-refractivity contribution in [3.8, 4) is 5.69 Å². The molecule has 4 heteroatoms. The fourth-order valence-electron chi connectivity index (χ4n) is 1.49. The van der Waals surface area contributed by atoms with Crippen LogP contribution >= 0.6 is 23.2 Å². The second-order valence-electron chi connectivity index (χ2n) is 4.99. The van der Waals surface area contributed by atoms with E-state index in [0.717, 1.165) is 11.4 Å². The van der Waals surface area contributed by atoms with Gasteiger partial charge >= 0.3 is 0 Å². The maximum Gasteiger partial charge on any atom is 0.133 e. The van der Waals surface area contributed by atoms with Crippen molar-refractivity contribution >= 4 is 23.2 Å². The van der Waals surface area contributed by atoms with E-state index in [1.54, 1.807) is 4.68 Å². The van der Waals surface area contributed by atoms with Crippen LogP contribution in [0.2, 0.25) is 10.2 Å². The lowest BCUT2D eigenvalue weighted by molar-refractivity contribution is 0.560. The van der Waals surface area contributed by atoms with Gasteiger partial charge in [0.15, 0.2) is 0 Å². The SMILES string of the molecule is CC(C)(C)c1cc(Cl)n(-c2ccc(Cl)cc2)n1. The number of hydrogen-bond acceptors (Lipinski definition) is 1. The molecule has 0 bridgehead atoms. The third-order valence-corrected chi connectivity index (χ3v) is 3.03. The number of nitrogens with zero attached hydrogens (tertiary/aromatic N) is 2. The summed E-state index contributed by atoms with van der Waals surface area (Å²) in [4.78, 5) is 0. The number of benzene rings is 1. The summed E-state index contributed by atoms with van der Waals surface area (Å²) in [7, 11) is 0. The van der Waals surface area contributed by atoms with Gasteiger partial charge in [-0.3, -0.25) is 0 Å². The highest BCUT2D eigenvalue weighted by molar-refractivity contribution is 6.30. The summed E-state index contributed by atoms with van der Waals surface area (Å²) in [6, 6.07) is 9.34. The van der Waals surface area contributed by atoms with E-state index in [0.29, 0.717) is 10.2 Å². The van der Waals surface area contributed by atoms with Crippen LogP contribution < -0.4 is 0 Å². The lowest BCUT2D eigenvalue weighted by Crippen LogP contribution is -2.12. The van der Waals surface area contributed by atoms with Crippen LogP contribution in [-0.2, 0) is 5.41 Å². The molecule has 0 N–H and O–H groups in total. The van der Waals surface area contributed by atoms with E-state index in [2.05, 4.69) is 25.9 Å². The maximum absolute atomic E-state index is 6.19. The predicted octanol–water partition coefficient (Wildman–Crippen LogP) is 4.48. The van der Waals surface area contributed by atoms with Crippen LogP contribution in [0.25, 0.3) is 5.69 Å². The molecule has 0 spiro atoms. The Morgan fingerprint density at radius 1 is 1.06 bits per heavy atom. The molecular weight excluding hydrogens is 255 g/mol.